The summed E-state index contributed by atoms with van der Waals surface area (Å²) in [5, 5.41) is 5.78. The van der Waals surface area contributed by atoms with Crippen molar-refractivity contribution in [3.8, 4) is 5.75 Å². The number of carbonyl (C=O) groups is 1. The number of nitrogens with one attached hydrogen (secondary N) is 2. The molecule has 2 N–H and O–H groups in total. The second-order valence-corrected chi connectivity index (χ2v) is 6.84. The monoisotopic (exact) mass is 342 g/mol. The number of carbonyl (C=O) groups excluding carboxylic acids is 1. The predicted octanol–water partition coefficient (Wildman–Crippen LogP) is 3.88. The van der Waals surface area contributed by atoms with Crippen molar-refractivity contribution >= 4 is 28.9 Å². The minimum atomic E-state index is -0.302. The van der Waals surface area contributed by atoms with Gasteiger partial charge in [0.15, 0.2) is 11.7 Å². The summed E-state index contributed by atoms with van der Waals surface area (Å²) in [4.78, 5) is 11.9. The first-order chi connectivity index (χ1) is 11.3. The van der Waals surface area contributed by atoms with Crippen LogP contribution in [0.2, 0.25) is 0 Å². The van der Waals surface area contributed by atoms with Gasteiger partial charge in [0, 0.05) is 5.69 Å². The smallest absolute Gasteiger partial charge is 0.264 e. The van der Waals surface area contributed by atoms with Crippen LogP contribution in [0.25, 0.3) is 0 Å². The van der Waals surface area contributed by atoms with E-state index in [1.165, 1.54) is 5.56 Å². The van der Waals surface area contributed by atoms with E-state index in [-0.39, 0.29) is 23.0 Å². The number of hydrogen-bond donors (Lipinski definition) is 2. The Morgan fingerprint density at radius 2 is 1.67 bits per heavy atom. The highest BCUT2D eigenvalue weighted by Gasteiger charge is 2.13. The fourth-order valence-corrected chi connectivity index (χ4v) is 2.28. The minimum absolute atomic E-state index is 0.0885. The number of amides is 1. The lowest BCUT2D eigenvalue weighted by molar-refractivity contribution is -0.121. The average molecular weight is 342 g/mol. The first kappa shape index (κ1) is 17.9. The topological polar surface area (TPSA) is 50.4 Å². The highest BCUT2D eigenvalue weighted by molar-refractivity contribution is 7.80. The molecular weight excluding hydrogens is 320 g/mol. The van der Waals surface area contributed by atoms with Gasteiger partial charge in [0.2, 0.25) is 0 Å². The summed E-state index contributed by atoms with van der Waals surface area (Å²) in [7, 11) is 0. The Morgan fingerprint density at radius 1 is 1.04 bits per heavy atom. The third-order valence-corrected chi connectivity index (χ3v) is 3.58. The number of rotatable bonds is 4. The molecule has 0 atom stereocenters. The zero-order chi connectivity index (χ0) is 17.6. The average Bonchev–Trinajstić information content (AvgIpc) is 2.53. The van der Waals surface area contributed by atoms with Gasteiger partial charge in [0.05, 0.1) is 0 Å². The van der Waals surface area contributed by atoms with Gasteiger partial charge < -0.3 is 10.1 Å². The van der Waals surface area contributed by atoms with E-state index in [0.29, 0.717) is 5.75 Å². The normalized spacial score (nSPS) is 10.8. The van der Waals surface area contributed by atoms with Crippen LogP contribution < -0.4 is 15.4 Å². The van der Waals surface area contributed by atoms with Crippen molar-refractivity contribution < 1.29 is 9.53 Å². The highest BCUT2D eigenvalue weighted by atomic mass is 32.1. The number of benzene rings is 2. The van der Waals surface area contributed by atoms with Gasteiger partial charge in [0.1, 0.15) is 5.75 Å². The van der Waals surface area contributed by atoms with Crippen LogP contribution in [0.15, 0.2) is 54.6 Å². The molecule has 0 fully saturated rings. The summed E-state index contributed by atoms with van der Waals surface area (Å²) in [6.45, 7) is 6.36. The van der Waals surface area contributed by atoms with Crippen LogP contribution >= 0.6 is 12.2 Å². The van der Waals surface area contributed by atoms with E-state index in [2.05, 4.69) is 31.4 Å². The zero-order valence-corrected chi connectivity index (χ0v) is 14.9. The SMILES string of the molecule is CC(C)(C)c1ccc(OCC(=O)NC(=S)Nc2ccccc2)cc1. The molecule has 2 aromatic carbocycles. The van der Waals surface area contributed by atoms with E-state index in [1.807, 2.05) is 54.6 Å². The Kier molecular flexibility index (Phi) is 5.93. The molecular formula is C19H22N2O2S. The highest BCUT2D eigenvalue weighted by Crippen LogP contribution is 2.24. The second-order valence-electron chi connectivity index (χ2n) is 6.43. The molecule has 0 radical (unpaired) electrons. The maximum atomic E-state index is 11.9. The van der Waals surface area contributed by atoms with Crippen molar-refractivity contribution in [1.29, 1.82) is 0 Å². The van der Waals surface area contributed by atoms with E-state index in [0.717, 1.165) is 5.69 Å². The molecule has 2 aromatic rings. The van der Waals surface area contributed by atoms with E-state index in [4.69, 9.17) is 17.0 Å². The van der Waals surface area contributed by atoms with Crippen LogP contribution in [-0.2, 0) is 10.2 Å². The first-order valence-corrected chi connectivity index (χ1v) is 8.14. The quantitative estimate of drug-likeness (QED) is 0.828. The van der Waals surface area contributed by atoms with Gasteiger partial charge in [-0.1, -0.05) is 51.1 Å². The molecule has 0 heterocycles. The summed E-state index contributed by atoms with van der Waals surface area (Å²) < 4.78 is 5.49. The first-order valence-electron chi connectivity index (χ1n) is 7.74. The van der Waals surface area contributed by atoms with Crippen molar-refractivity contribution in [3.05, 3.63) is 60.2 Å². The summed E-state index contributed by atoms with van der Waals surface area (Å²) >= 11 is 5.10. The number of anilines is 1. The molecule has 0 aliphatic carbocycles. The Balaban J connectivity index is 1.79. The molecule has 0 unspecified atom stereocenters. The number of hydrogen-bond acceptors (Lipinski definition) is 3. The molecule has 1 amide bonds. The molecule has 2 rings (SSSR count). The van der Waals surface area contributed by atoms with E-state index < -0.39 is 0 Å². The molecule has 5 heteroatoms. The molecule has 0 aromatic heterocycles. The Bertz CT molecular complexity index is 692. The maximum absolute atomic E-state index is 11.9. The lowest BCUT2D eigenvalue weighted by atomic mass is 9.87. The third-order valence-electron chi connectivity index (χ3n) is 3.37. The molecule has 0 aliphatic heterocycles. The van der Waals surface area contributed by atoms with Gasteiger partial charge in [0.25, 0.3) is 5.91 Å². The van der Waals surface area contributed by atoms with Gasteiger partial charge in [-0.15, -0.1) is 0 Å². The van der Waals surface area contributed by atoms with Crippen LogP contribution in [0, 0.1) is 0 Å². The van der Waals surface area contributed by atoms with Crippen LogP contribution in [0.4, 0.5) is 5.69 Å². The molecule has 0 spiro atoms. The summed E-state index contributed by atoms with van der Waals surface area (Å²) in [6, 6.07) is 17.2. The predicted molar refractivity (Wildman–Crippen MR) is 101 cm³/mol. The zero-order valence-electron chi connectivity index (χ0n) is 14.1. The summed E-state index contributed by atoms with van der Waals surface area (Å²) in [5.74, 6) is 0.350. The van der Waals surface area contributed by atoms with Crippen LogP contribution in [0.3, 0.4) is 0 Å². The third kappa shape index (κ3) is 5.66. The van der Waals surface area contributed by atoms with E-state index in [1.54, 1.807) is 0 Å². The maximum Gasteiger partial charge on any atom is 0.264 e. The minimum Gasteiger partial charge on any atom is -0.484 e. The van der Waals surface area contributed by atoms with Gasteiger partial charge in [-0.2, -0.15) is 0 Å². The lowest BCUT2D eigenvalue weighted by Gasteiger charge is -2.19. The molecule has 24 heavy (non-hydrogen) atoms. The van der Waals surface area contributed by atoms with Crippen molar-refractivity contribution in [1.82, 2.24) is 5.32 Å². The van der Waals surface area contributed by atoms with E-state index in [9.17, 15) is 4.79 Å². The van der Waals surface area contributed by atoms with Crippen molar-refractivity contribution in [3.63, 3.8) is 0 Å². The van der Waals surface area contributed by atoms with Gasteiger partial charge in [-0.05, 0) is 47.5 Å². The van der Waals surface area contributed by atoms with Crippen molar-refractivity contribution in [2.24, 2.45) is 0 Å². The number of ether oxygens (including phenoxy) is 1. The Hall–Kier alpha value is -2.40. The molecule has 0 saturated heterocycles. The summed E-state index contributed by atoms with van der Waals surface area (Å²) in [6.07, 6.45) is 0. The van der Waals surface area contributed by atoms with Crippen molar-refractivity contribution in [2.75, 3.05) is 11.9 Å². The largest absolute Gasteiger partial charge is 0.484 e. The fourth-order valence-electron chi connectivity index (χ4n) is 2.05. The van der Waals surface area contributed by atoms with Gasteiger partial charge >= 0.3 is 0 Å². The second kappa shape index (κ2) is 7.93. The molecule has 4 nitrogen and oxygen atoms in total. The van der Waals surface area contributed by atoms with Gasteiger partial charge in [-0.25, -0.2) is 0 Å². The molecule has 0 aliphatic rings. The van der Waals surface area contributed by atoms with E-state index >= 15 is 0 Å². The standard InChI is InChI=1S/C19H22N2O2S/c1-19(2,3)14-9-11-16(12-10-14)23-13-17(22)21-18(24)20-15-7-5-4-6-8-15/h4-12H,13H2,1-3H3,(H2,20,21,22,24). The number of para-hydroxylation sites is 1. The lowest BCUT2D eigenvalue weighted by Crippen LogP contribution is -2.37. The molecule has 0 bridgehead atoms. The van der Waals surface area contributed by atoms with Crippen LogP contribution in [-0.4, -0.2) is 17.6 Å². The van der Waals surface area contributed by atoms with Crippen molar-refractivity contribution in [2.45, 2.75) is 26.2 Å². The van der Waals surface area contributed by atoms with Crippen LogP contribution in [0.5, 0.6) is 5.75 Å². The molecule has 0 saturated carbocycles. The Morgan fingerprint density at radius 3 is 2.25 bits per heavy atom. The number of thiocarbonyl (C=S) groups is 1. The fraction of sp³-hybridized carbons (Fsp3) is 0.263. The van der Waals surface area contributed by atoms with Gasteiger partial charge in [-0.3, -0.25) is 10.1 Å². The summed E-state index contributed by atoms with van der Waals surface area (Å²) in [5.41, 5.74) is 2.12. The Labute approximate surface area is 148 Å². The molecule has 126 valence electrons. The van der Waals surface area contributed by atoms with Crippen LogP contribution in [0.1, 0.15) is 26.3 Å².